The second kappa shape index (κ2) is 6.96. The highest BCUT2D eigenvalue weighted by molar-refractivity contribution is 5.92. The van der Waals surface area contributed by atoms with Crippen molar-refractivity contribution in [3.05, 3.63) is 42.1 Å². The lowest BCUT2D eigenvalue weighted by atomic mass is 10.0. The molecular formula is C18H24N4O. The normalized spacial score (nSPS) is 16.4. The van der Waals surface area contributed by atoms with E-state index in [2.05, 4.69) is 5.32 Å². The molecule has 1 saturated carbocycles. The molecule has 3 rings (SSSR count). The Balaban J connectivity index is 1.93. The third kappa shape index (κ3) is 3.45. The number of benzene rings is 1. The Labute approximate surface area is 136 Å². The summed E-state index contributed by atoms with van der Waals surface area (Å²) < 4.78 is 1.83. The molecule has 0 bridgehead atoms. The largest absolute Gasteiger partial charge is 0.330 e. The van der Waals surface area contributed by atoms with Gasteiger partial charge in [0.15, 0.2) is 0 Å². The van der Waals surface area contributed by atoms with Crippen molar-refractivity contribution in [1.82, 2.24) is 9.78 Å². The van der Waals surface area contributed by atoms with E-state index >= 15 is 0 Å². The van der Waals surface area contributed by atoms with E-state index in [-0.39, 0.29) is 11.8 Å². The van der Waals surface area contributed by atoms with Crippen molar-refractivity contribution in [2.75, 3.05) is 11.9 Å². The fourth-order valence-electron chi connectivity index (χ4n) is 3.03. The number of carbonyl (C=O) groups excluding carboxylic acids is 1. The Bertz CT molecular complexity index is 659. The summed E-state index contributed by atoms with van der Waals surface area (Å²) in [6.45, 7) is 2.16. The molecule has 1 aliphatic carbocycles. The number of para-hydroxylation sites is 1. The summed E-state index contributed by atoms with van der Waals surface area (Å²) in [6, 6.07) is 11.9. The molecule has 1 amide bonds. The highest BCUT2D eigenvalue weighted by Gasteiger charge is 2.23. The lowest BCUT2D eigenvalue weighted by molar-refractivity contribution is -0.119. The molecule has 0 saturated heterocycles. The zero-order valence-corrected chi connectivity index (χ0v) is 13.5. The van der Waals surface area contributed by atoms with Crippen LogP contribution < -0.4 is 11.1 Å². The Kier molecular flexibility index (Phi) is 4.76. The molecule has 0 radical (unpaired) electrons. The molecular weight excluding hydrogens is 288 g/mol. The van der Waals surface area contributed by atoms with Crippen LogP contribution in [-0.4, -0.2) is 22.2 Å². The topological polar surface area (TPSA) is 72.9 Å². The van der Waals surface area contributed by atoms with Crippen LogP contribution in [0.3, 0.4) is 0 Å². The van der Waals surface area contributed by atoms with Crippen molar-refractivity contribution in [2.24, 2.45) is 11.7 Å². The molecule has 1 aliphatic rings. The second-order valence-electron chi connectivity index (χ2n) is 6.31. The van der Waals surface area contributed by atoms with Crippen LogP contribution in [0.1, 0.15) is 44.2 Å². The molecule has 1 aromatic carbocycles. The third-order valence-electron chi connectivity index (χ3n) is 4.55. The number of aromatic nitrogens is 2. The van der Waals surface area contributed by atoms with Crippen molar-refractivity contribution >= 4 is 11.7 Å². The zero-order valence-electron chi connectivity index (χ0n) is 13.5. The molecule has 1 fully saturated rings. The lowest BCUT2D eigenvalue weighted by Crippen LogP contribution is -2.27. The van der Waals surface area contributed by atoms with Crippen LogP contribution in [-0.2, 0) is 4.79 Å². The first-order chi connectivity index (χ1) is 11.2. The minimum absolute atomic E-state index is 0.0671. The van der Waals surface area contributed by atoms with E-state index in [4.69, 9.17) is 10.8 Å². The highest BCUT2D eigenvalue weighted by Crippen LogP contribution is 2.35. The fraction of sp³-hybridized carbons (Fsp3) is 0.444. The minimum Gasteiger partial charge on any atom is -0.330 e. The van der Waals surface area contributed by atoms with Gasteiger partial charge in [-0.1, -0.05) is 38.0 Å². The molecule has 1 unspecified atom stereocenters. The van der Waals surface area contributed by atoms with Crippen LogP contribution in [0.15, 0.2) is 36.4 Å². The van der Waals surface area contributed by atoms with Crippen LogP contribution in [0.5, 0.6) is 0 Å². The van der Waals surface area contributed by atoms with Gasteiger partial charge in [0.1, 0.15) is 5.82 Å². The van der Waals surface area contributed by atoms with Crippen LogP contribution in [0.4, 0.5) is 5.82 Å². The number of anilines is 1. The summed E-state index contributed by atoms with van der Waals surface area (Å²) in [7, 11) is 0. The van der Waals surface area contributed by atoms with Crippen molar-refractivity contribution in [3.63, 3.8) is 0 Å². The monoisotopic (exact) mass is 312 g/mol. The van der Waals surface area contributed by atoms with Crippen molar-refractivity contribution in [2.45, 2.75) is 38.5 Å². The summed E-state index contributed by atoms with van der Waals surface area (Å²) in [5, 5.41) is 7.76. The van der Waals surface area contributed by atoms with Crippen LogP contribution in [0, 0.1) is 5.92 Å². The molecule has 1 heterocycles. The van der Waals surface area contributed by atoms with Crippen LogP contribution in [0.2, 0.25) is 0 Å². The number of rotatable bonds is 5. The molecule has 5 nitrogen and oxygen atoms in total. The summed E-state index contributed by atoms with van der Waals surface area (Å²) >= 11 is 0. The number of hydrogen-bond donors (Lipinski definition) is 2. The lowest BCUT2D eigenvalue weighted by Gasteiger charge is -2.11. The van der Waals surface area contributed by atoms with Crippen LogP contribution >= 0.6 is 0 Å². The van der Waals surface area contributed by atoms with E-state index in [9.17, 15) is 4.79 Å². The summed E-state index contributed by atoms with van der Waals surface area (Å²) in [4.78, 5) is 12.2. The Hall–Kier alpha value is -2.14. The van der Waals surface area contributed by atoms with Gasteiger partial charge < -0.3 is 11.1 Å². The standard InChI is InChI=1S/C18H24N4O/c1-13(12-19)18(23)20-17-11-16(14-7-5-6-8-14)21-22(17)15-9-3-2-4-10-15/h2-4,9-11,13-14H,5-8,12,19H2,1H3,(H,20,23). The van der Waals surface area contributed by atoms with E-state index in [1.807, 2.05) is 48.0 Å². The van der Waals surface area contributed by atoms with Crippen molar-refractivity contribution < 1.29 is 4.79 Å². The van der Waals surface area contributed by atoms with Gasteiger partial charge in [0.05, 0.1) is 11.4 Å². The Morgan fingerprint density at radius 1 is 1.35 bits per heavy atom. The maximum Gasteiger partial charge on any atom is 0.229 e. The molecule has 23 heavy (non-hydrogen) atoms. The first-order valence-electron chi connectivity index (χ1n) is 8.35. The Morgan fingerprint density at radius 2 is 2.04 bits per heavy atom. The first kappa shape index (κ1) is 15.7. The first-order valence-corrected chi connectivity index (χ1v) is 8.35. The van der Waals surface area contributed by atoms with E-state index in [1.165, 1.54) is 25.7 Å². The molecule has 1 atom stereocenters. The molecule has 0 spiro atoms. The van der Waals surface area contributed by atoms with E-state index in [1.54, 1.807) is 0 Å². The maximum absolute atomic E-state index is 12.2. The van der Waals surface area contributed by atoms with E-state index in [0.717, 1.165) is 17.2 Å². The van der Waals surface area contributed by atoms with Gasteiger partial charge in [-0.3, -0.25) is 4.79 Å². The summed E-state index contributed by atoms with van der Waals surface area (Å²) in [5.41, 5.74) is 7.62. The Morgan fingerprint density at radius 3 is 2.70 bits per heavy atom. The molecule has 5 heteroatoms. The quantitative estimate of drug-likeness (QED) is 0.891. The van der Waals surface area contributed by atoms with Gasteiger partial charge in [0, 0.05) is 24.4 Å². The highest BCUT2D eigenvalue weighted by atomic mass is 16.2. The average Bonchev–Trinajstić information content (AvgIpc) is 3.24. The number of nitrogens with zero attached hydrogens (tertiary/aromatic N) is 2. The third-order valence-corrected chi connectivity index (χ3v) is 4.55. The smallest absolute Gasteiger partial charge is 0.229 e. The van der Waals surface area contributed by atoms with Crippen LogP contribution in [0.25, 0.3) is 5.69 Å². The van der Waals surface area contributed by atoms with Crippen molar-refractivity contribution in [1.29, 1.82) is 0 Å². The van der Waals surface area contributed by atoms with Gasteiger partial charge in [0.2, 0.25) is 5.91 Å². The number of hydrogen-bond acceptors (Lipinski definition) is 3. The van der Waals surface area contributed by atoms with Gasteiger partial charge in [-0.05, 0) is 25.0 Å². The summed E-state index contributed by atoms with van der Waals surface area (Å²) in [5.74, 6) is 0.942. The number of carbonyl (C=O) groups is 1. The zero-order chi connectivity index (χ0) is 16.2. The van der Waals surface area contributed by atoms with Gasteiger partial charge in [-0.15, -0.1) is 0 Å². The fourth-order valence-corrected chi connectivity index (χ4v) is 3.03. The number of nitrogens with one attached hydrogen (secondary N) is 1. The SMILES string of the molecule is CC(CN)C(=O)Nc1cc(C2CCCC2)nn1-c1ccccc1. The maximum atomic E-state index is 12.2. The van der Waals surface area contributed by atoms with Gasteiger partial charge in [-0.2, -0.15) is 5.10 Å². The number of nitrogens with two attached hydrogens (primary N) is 1. The minimum atomic E-state index is -0.218. The predicted molar refractivity (Wildman–Crippen MR) is 91.6 cm³/mol. The molecule has 0 aliphatic heterocycles. The molecule has 3 N–H and O–H groups in total. The summed E-state index contributed by atoms with van der Waals surface area (Å²) in [6.07, 6.45) is 4.88. The predicted octanol–water partition coefficient (Wildman–Crippen LogP) is 3.06. The van der Waals surface area contributed by atoms with Gasteiger partial charge in [0.25, 0.3) is 0 Å². The van der Waals surface area contributed by atoms with E-state index in [0.29, 0.717) is 12.5 Å². The average molecular weight is 312 g/mol. The van der Waals surface area contributed by atoms with Crippen molar-refractivity contribution in [3.8, 4) is 5.69 Å². The second-order valence-corrected chi connectivity index (χ2v) is 6.31. The van der Waals surface area contributed by atoms with E-state index < -0.39 is 0 Å². The molecule has 2 aromatic rings. The molecule has 122 valence electrons. The number of amides is 1. The van der Waals surface area contributed by atoms with Gasteiger partial charge >= 0.3 is 0 Å². The molecule has 1 aromatic heterocycles. The van der Waals surface area contributed by atoms with Gasteiger partial charge in [-0.25, -0.2) is 4.68 Å².